The molecule has 1 aliphatic heterocycles. The Balaban J connectivity index is 1.84. The first-order valence-corrected chi connectivity index (χ1v) is 11.2. The topological polar surface area (TPSA) is 47.4 Å². The fourth-order valence-electron chi connectivity index (χ4n) is 3.51. The van der Waals surface area contributed by atoms with E-state index in [0.29, 0.717) is 9.23 Å². The van der Waals surface area contributed by atoms with Crippen molar-refractivity contribution in [3.8, 4) is 22.7 Å². The number of carbonyl (C=O) groups excluding carboxylic acids is 1. The minimum absolute atomic E-state index is 0.0220. The van der Waals surface area contributed by atoms with Crippen LogP contribution in [0.1, 0.15) is 25.0 Å². The van der Waals surface area contributed by atoms with Gasteiger partial charge in [0.1, 0.15) is 15.8 Å². The Hall–Kier alpha value is -2.90. The Bertz CT molecular complexity index is 1180. The summed E-state index contributed by atoms with van der Waals surface area (Å²) in [6, 6.07) is 15.9. The standard InChI is InChI=1S/C24H23N3O2S2/c1-15(2)27-23(28)21(31-24(27)30)13-17-14-26(18-8-6-5-7-9-18)25-22(17)20-11-10-19(29-4)12-16(20)3/h5-15H,1-4H3/b21-13+. The van der Waals surface area contributed by atoms with Crippen molar-refractivity contribution in [3.63, 3.8) is 0 Å². The smallest absolute Gasteiger partial charge is 0.266 e. The van der Waals surface area contributed by atoms with E-state index in [-0.39, 0.29) is 11.9 Å². The summed E-state index contributed by atoms with van der Waals surface area (Å²) in [5, 5.41) is 4.87. The average Bonchev–Trinajstić information content (AvgIpc) is 3.29. The average molecular weight is 450 g/mol. The van der Waals surface area contributed by atoms with E-state index in [1.807, 2.05) is 86.3 Å². The fraction of sp³-hybridized carbons (Fsp3) is 0.208. The molecule has 158 valence electrons. The molecule has 1 saturated heterocycles. The molecule has 0 unspecified atom stereocenters. The zero-order valence-corrected chi connectivity index (χ0v) is 19.5. The van der Waals surface area contributed by atoms with Crippen molar-refractivity contribution in [1.82, 2.24) is 14.7 Å². The number of thioether (sulfide) groups is 1. The molecule has 31 heavy (non-hydrogen) atoms. The van der Waals surface area contributed by atoms with Crippen LogP contribution in [0.4, 0.5) is 0 Å². The van der Waals surface area contributed by atoms with Gasteiger partial charge in [0.15, 0.2) is 0 Å². The van der Waals surface area contributed by atoms with Gasteiger partial charge in [-0.3, -0.25) is 9.69 Å². The van der Waals surface area contributed by atoms with Crippen LogP contribution in [0.2, 0.25) is 0 Å². The second-order valence-electron chi connectivity index (χ2n) is 7.54. The molecule has 0 radical (unpaired) electrons. The molecule has 0 spiro atoms. The lowest BCUT2D eigenvalue weighted by Gasteiger charge is -2.18. The number of hydrogen-bond donors (Lipinski definition) is 0. The van der Waals surface area contributed by atoms with Crippen LogP contribution >= 0.6 is 24.0 Å². The summed E-state index contributed by atoms with van der Waals surface area (Å²) in [6.45, 7) is 5.96. The number of amides is 1. The number of ether oxygens (including phenoxy) is 1. The fourth-order valence-corrected chi connectivity index (χ4v) is 5.03. The summed E-state index contributed by atoms with van der Waals surface area (Å²) < 4.78 is 7.78. The number of para-hydroxylation sites is 1. The summed E-state index contributed by atoms with van der Waals surface area (Å²) in [5.41, 5.74) is 4.65. The number of rotatable bonds is 5. The van der Waals surface area contributed by atoms with E-state index in [1.165, 1.54) is 11.8 Å². The maximum Gasteiger partial charge on any atom is 0.266 e. The van der Waals surface area contributed by atoms with Gasteiger partial charge in [0.05, 0.1) is 17.7 Å². The number of carbonyl (C=O) groups is 1. The van der Waals surface area contributed by atoms with Crippen molar-refractivity contribution < 1.29 is 9.53 Å². The SMILES string of the molecule is COc1ccc(-c2nn(-c3ccccc3)cc2/C=C2/SC(=S)N(C(C)C)C2=O)c(C)c1. The van der Waals surface area contributed by atoms with Crippen LogP contribution in [-0.2, 0) is 4.79 Å². The number of methoxy groups -OCH3 is 1. The molecule has 1 amide bonds. The van der Waals surface area contributed by atoms with Crippen molar-refractivity contribution in [1.29, 1.82) is 0 Å². The lowest BCUT2D eigenvalue weighted by molar-refractivity contribution is -0.123. The van der Waals surface area contributed by atoms with Crippen molar-refractivity contribution >= 4 is 40.3 Å². The first-order chi connectivity index (χ1) is 14.9. The maximum atomic E-state index is 12.9. The molecule has 0 aliphatic carbocycles. The van der Waals surface area contributed by atoms with Crippen LogP contribution in [0.3, 0.4) is 0 Å². The van der Waals surface area contributed by atoms with E-state index in [4.69, 9.17) is 22.1 Å². The molecule has 1 aromatic heterocycles. The molecule has 2 heterocycles. The zero-order valence-electron chi connectivity index (χ0n) is 17.8. The van der Waals surface area contributed by atoms with Crippen LogP contribution < -0.4 is 4.74 Å². The van der Waals surface area contributed by atoms with Crippen molar-refractivity contribution in [3.05, 3.63) is 70.8 Å². The second kappa shape index (κ2) is 8.69. The first kappa shape index (κ1) is 21.3. The minimum atomic E-state index is -0.0603. The molecule has 3 aromatic rings. The Labute approximate surface area is 191 Å². The van der Waals surface area contributed by atoms with Crippen LogP contribution in [-0.4, -0.2) is 38.1 Å². The summed E-state index contributed by atoms with van der Waals surface area (Å²) in [6.07, 6.45) is 3.85. The lowest BCUT2D eigenvalue weighted by Crippen LogP contribution is -2.34. The maximum absolute atomic E-state index is 12.9. The predicted molar refractivity (Wildman–Crippen MR) is 130 cm³/mol. The summed E-state index contributed by atoms with van der Waals surface area (Å²) in [5.74, 6) is 0.734. The number of benzene rings is 2. The van der Waals surface area contributed by atoms with Crippen molar-refractivity contribution in [2.24, 2.45) is 0 Å². The van der Waals surface area contributed by atoms with Crippen LogP contribution in [0.15, 0.2) is 59.6 Å². The highest BCUT2D eigenvalue weighted by atomic mass is 32.2. The van der Waals surface area contributed by atoms with E-state index in [0.717, 1.165) is 33.8 Å². The van der Waals surface area contributed by atoms with Gasteiger partial charge in [-0.2, -0.15) is 5.10 Å². The molecule has 5 nitrogen and oxygen atoms in total. The van der Waals surface area contributed by atoms with Gasteiger partial charge >= 0.3 is 0 Å². The van der Waals surface area contributed by atoms with Gasteiger partial charge in [0, 0.05) is 23.4 Å². The van der Waals surface area contributed by atoms with Crippen LogP contribution in [0, 0.1) is 6.92 Å². The molecule has 4 rings (SSSR count). The van der Waals surface area contributed by atoms with Gasteiger partial charge in [-0.15, -0.1) is 0 Å². The normalized spacial score (nSPS) is 15.4. The van der Waals surface area contributed by atoms with E-state index in [9.17, 15) is 4.79 Å². The highest BCUT2D eigenvalue weighted by Gasteiger charge is 2.34. The number of aromatic nitrogens is 2. The molecule has 0 bridgehead atoms. The van der Waals surface area contributed by atoms with Crippen LogP contribution in [0.5, 0.6) is 5.75 Å². The second-order valence-corrected chi connectivity index (χ2v) is 9.22. The summed E-state index contributed by atoms with van der Waals surface area (Å²) in [7, 11) is 1.65. The van der Waals surface area contributed by atoms with Gasteiger partial charge in [-0.1, -0.05) is 42.2 Å². The number of hydrogen-bond acceptors (Lipinski definition) is 5. The molecule has 0 atom stereocenters. The molecular formula is C24H23N3O2S2. The molecule has 2 aromatic carbocycles. The third-order valence-electron chi connectivity index (χ3n) is 5.08. The van der Waals surface area contributed by atoms with Gasteiger partial charge < -0.3 is 4.74 Å². The van der Waals surface area contributed by atoms with Gasteiger partial charge in [0.25, 0.3) is 5.91 Å². The van der Waals surface area contributed by atoms with Gasteiger partial charge in [0.2, 0.25) is 0 Å². The Kier molecular flexibility index (Phi) is 5.98. The number of nitrogens with zero attached hydrogens (tertiary/aromatic N) is 3. The minimum Gasteiger partial charge on any atom is -0.497 e. The third-order valence-corrected chi connectivity index (χ3v) is 6.41. The van der Waals surface area contributed by atoms with Crippen LogP contribution in [0.25, 0.3) is 23.0 Å². The van der Waals surface area contributed by atoms with E-state index in [1.54, 1.807) is 12.0 Å². The third kappa shape index (κ3) is 4.16. The van der Waals surface area contributed by atoms with Gasteiger partial charge in [-0.25, -0.2) is 4.68 Å². The highest BCUT2D eigenvalue weighted by Crippen LogP contribution is 2.36. The monoisotopic (exact) mass is 449 g/mol. The van der Waals surface area contributed by atoms with Crippen molar-refractivity contribution in [2.75, 3.05) is 7.11 Å². The Morgan fingerprint density at radius 1 is 1.16 bits per heavy atom. The first-order valence-electron chi connectivity index (χ1n) is 9.96. The van der Waals surface area contributed by atoms with E-state index < -0.39 is 0 Å². The zero-order chi connectivity index (χ0) is 22.1. The quantitative estimate of drug-likeness (QED) is 0.382. The molecule has 0 N–H and O–H groups in total. The Morgan fingerprint density at radius 2 is 1.90 bits per heavy atom. The Morgan fingerprint density at radius 3 is 2.52 bits per heavy atom. The largest absolute Gasteiger partial charge is 0.497 e. The predicted octanol–water partition coefficient (Wildman–Crippen LogP) is 5.47. The van der Waals surface area contributed by atoms with E-state index >= 15 is 0 Å². The summed E-state index contributed by atoms with van der Waals surface area (Å²) >= 11 is 6.77. The number of thiocarbonyl (C=S) groups is 1. The van der Waals surface area contributed by atoms with E-state index in [2.05, 4.69) is 0 Å². The molecule has 1 aliphatic rings. The lowest BCUT2D eigenvalue weighted by atomic mass is 10.0. The molecule has 1 fully saturated rings. The molecular weight excluding hydrogens is 426 g/mol. The molecule has 0 saturated carbocycles. The van der Waals surface area contributed by atoms with Crippen molar-refractivity contribution in [2.45, 2.75) is 26.8 Å². The van der Waals surface area contributed by atoms with Gasteiger partial charge in [-0.05, 0) is 62.7 Å². The number of aryl methyl sites for hydroxylation is 1. The highest BCUT2D eigenvalue weighted by molar-refractivity contribution is 8.26. The summed E-state index contributed by atoms with van der Waals surface area (Å²) in [4.78, 5) is 15.2. The molecule has 7 heteroatoms.